The van der Waals surface area contributed by atoms with Gasteiger partial charge in [0.15, 0.2) is 0 Å². The Morgan fingerprint density at radius 3 is 2.96 bits per heavy atom. The zero-order chi connectivity index (χ0) is 16.4. The second-order valence-electron chi connectivity index (χ2n) is 6.45. The van der Waals surface area contributed by atoms with E-state index in [1.165, 1.54) is 11.1 Å². The number of ether oxygens (including phenoxy) is 1. The highest BCUT2D eigenvalue weighted by Crippen LogP contribution is 2.32. The van der Waals surface area contributed by atoms with Crippen LogP contribution in [0, 0.1) is 0 Å². The Labute approximate surface area is 141 Å². The number of hydrogen-bond donors (Lipinski definition) is 1. The van der Waals surface area contributed by atoms with Crippen LogP contribution in [0.5, 0.6) is 0 Å². The molecule has 0 spiro atoms. The fraction of sp³-hybridized carbons (Fsp3) is 0.350. The summed E-state index contributed by atoms with van der Waals surface area (Å²) in [4.78, 5) is 4.36. The van der Waals surface area contributed by atoms with Crippen LogP contribution in [-0.4, -0.2) is 27.4 Å². The maximum Gasteiger partial charge on any atom is 0.0959 e. The van der Waals surface area contributed by atoms with Crippen LogP contribution in [0.4, 0.5) is 0 Å². The molecule has 0 bridgehead atoms. The van der Waals surface area contributed by atoms with Gasteiger partial charge in [-0.1, -0.05) is 36.4 Å². The van der Waals surface area contributed by atoms with Gasteiger partial charge in [0.05, 0.1) is 42.7 Å². The number of hydrogen-bond acceptors (Lipinski definition) is 3. The van der Waals surface area contributed by atoms with Crippen molar-refractivity contribution in [3.8, 4) is 0 Å². The first-order valence-corrected chi connectivity index (χ1v) is 8.58. The van der Waals surface area contributed by atoms with Gasteiger partial charge in [0.25, 0.3) is 0 Å². The average molecular weight is 322 g/mol. The molecule has 1 aromatic heterocycles. The smallest absolute Gasteiger partial charge is 0.0959 e. The summed E-state index contributed by atoms with van der Waals surface area (Å²) in [5, 5.41) is 10.4. The van der Waals surface area contributed by atoms with Gasteiger partial charge in [0, 0.05) is 0 Å². The third kappa shape index (κ3) is 3.07. The van der Waals surface area contributed by atoms with E-state index in [9.17, 15) is 5.11 Å². The summed E-state index contributed by atoms with van der Waals surface area (Å²) >= 11 is 0. The maximum absolute atomic E-state index is 10.4. The lowest BCUT2D eigenvalue weighted by Gasteiger charge is -2.26. The normalized spacial score (nSPS) is 18.5. The Morgan fingerprint density at radius 1 is 1.17 bits per heavy atom. The van der Waals surface area contributed by atoms with E-state index in [1.807, 2.05) is 28.8 Å². The summed E-state index contributed by atoms with van der Waals surface area (Å²) in [5.74, 6) is 0. The van der Waals surface area contributed by atoms with Gasteiger partial charge in [-0.2, -0.15) is 0 Å². The number of aliphatic hydroxyl groups excluding tert-OH is 1. The number of imidazole rings is 1. The molecule has 0 saturated carbocycles. The average Bonchev–Trinajstić information content (AvgIpc) is 3.03. The molecule has 0 saturated heterocycles. The van der Waals surface area contributed by atoms with Gasteiger partial charge in [0.1, 0.15) is 0 Å². The van der Waals surface area contributed by atoms with Crippen LogP contribution in [0.15, 0.2) is 54.9 Å². The Bertz CT molecular complexity index is 827. The predicted octanol–water partition coefficient (Wildman–Crippen LogP) is 3.49. The Balaban J connectivity index is 1.40. The van der Waals surface area contributed by atoms with Crippen LogP contribution in [0.1, 0.15) is 30.1 Å². The third-order valence-corrected chi connectivity index (χ3v) is 4.74. The minimum absolute atomic E-state index is 0.101. The van der Waals surface area contributed by atoms with Crippen LogP contribution in [0.3, 0.4) is 0 Å². The van der Waals surface area contributed by atoms with E-state index >= 15 is 0 Å². The molecule has 4 heteroatoms. The van der Waals surface area contributed by atoms with Gasteiger partial charge < -0.3 is 14.4 Å². The van der Waals surface area contributed by atoms with E-state index in [0.29, 0.717) is 13.2 Å². The minimum atomic E-state index is -0.545. The zero-order valence-electron chi connectivity index (χ0n) is 13.6. The zero-order valence-corrected chi connectivity index (χ0v) is 13.6. The summed E-state index contributed by atoms with van der Waals surface area (Å²) in [6, 6.07) is 16.4. The van der Waals surface area contributed by atoms with E-state index < -0.39 is 6.10 Å². The van der Waals surface area contributed by atoms with Gasteiger partial charge >= 0.3 is 0 Å². The Kier molecular flexibility index (Phi) is 4.32. The minimum Gasteiger partial charge on any atom is -0.389 e. The number of aliphatic hydroxyl groups is 1. The molecular weight excluding hydrogens is 300 g/mol. The van der Waals surface area contributed by atoms with Crippen molar-refractivity contribution in [2.45, 2.75) is 38.0 Å². The van der Waals surface area contributed by atoms with E-state index in [0.717, 1.165) is 30.3 Å². The van der Waals surface area contributed by atoms with E-state index in [4.69, 9.17) is 4.74 Å². The highest BCUT2D eigenvalue weighted by molar-refractivity contribution is 5.74. The fourth-order valence-electron chi connectivity index (χ4n) is 3.55. The molecule has 0 aliphatic heterocycles. The highest BCUT2D eigenvalue weighted by Gasteiger charge is 2.21. The molecule has 4 rings (SSSR count). The van der Waals surface area contributed by atoms with Gasteiger partial charge in [-0.15, -0.1) is 0 Å². The fourth-order valence-corrected chi connectivity index (χ4v) is 3.55. The number of fused-ring (bicyclic) bond motifs is 2. The van der Waals surface area contributed by atoms with Gasteiger partial charge in [-0.05, 0) is 42.5 Å². The van der Waals surface area contributed by atoms with Crippen molar-refractivity contribution >= 4 is 11.0 Å². The van der Waals surface area contributed by atoms with Gasteiger partial charge in [0.2, 0.25) is 0 Å². The second-order valence-corrected chi connectivity index (χ2v) is 6.45. The Hall–Kier alpha value is -2.17. The number of benzene rings is 2. The summed E-state index contributed by atoms with van der Waals surface area (Å²) in [7, 11) is 0. The van der Waals surface area contributed by atoms with Crippen molar-refractivity contribution in [2.24, 2.45) is 0 Å². The maximum atomic E-state index is 10.4. The SMILES string of the molecule is OC(COC1CCCc2ccccc21)Cn1cnc2ccccc21. The van der Waals surface area contributed by atoms with E-state index in [2.05, 4.69) is 29.2 Å². The first kappa shape index (κ1) is 15.4. The lowest BCUT2D eigenvalue weighted by atomic mass is 9.89. The molecule has 2 aromatic carbocycles. The quantitative estimate of drug-likeness (QED) is 0.782. The van der Waals surface area contributed by atoms with Crippen LogP contribution in [-0.2, 0) is 17.7 Å². The molecular formula is C20H22N2O2. The number of para-hydroxylation sites is 2. The molecule has 4 nitrogen and oxygen atoms in total. The van der Waals surface area contributed by atoms with Crippen molar-refractivity contribution in [1.82, 2.24) is 9.55 Å². The molecule has 1 heterocycles. The first-order chi connectivity index (χ1) is 11.8. The Morgan fingerprint density at radius 2 is 2.00 bits per heavy atom. The molecule has 2 atom stereocenters. The summed E-state index contributed by atoms with van der Waals surface area (Å²) in [6.45, 7) is 0.834. The van der Waals surface area contributed by atoms with E-state index in [1.54, 1.807) is 6.33 Å². The number of rotatable bonds is 5. The van der Waals surface area contributed by atoms with Crippen molar-refractivity contribution < 1.29 is 9.84 Å². The van der Waals surface area contributed by atoms with Crippen molar-refractivity contribution in [3.63, 3.8) is 0 Å². The topological polar surface area (TPSA) is 47.3 Å². The van der Waals surface area contributed by atoms with Gasteiger partial charge in [-0.3, -0.25) is 0 Å². The molecule has 1 aliphatic rings. The molecule has 0 radical (unpaired) electrons. The highest BCUT2D eigenvalue weighted by atomic mass is 16.5. The number of nitrogens with zero attached hydrogens (tertiary/aromatic N) is 2. The lowest BCUT2D eigenvalue weighted by Crippen LogP contribution is -2.24. The van der Waals surface area contributed by atoms with Crippen molar-refractivity contribution in [1.29, 1.82) is 0 Å². The number of aromatic nitrogens is 2. The van der Waals surface area contributed by atoms with E-state index in [-0.39, 0.29) is 6.10 Å². The molecule has 124 valence electrons. The van der Waals surface area contributed by atoms with Crippen molar-refractivity contribution in [3.05, 3.63) is 66.0 Å². The molecule has 2 unspecified atom stereocenters. The monoisotopic (exact) mass is 322 g/mol. The first-order valence-electron chi connectivity index (χ1n) is 8.58. The largest absolute Gasteiger partial charge is 0.389 e. The second kappa shape index (κ2) is 6.75. The summed E-state index contributed by atoms with van der Waals surface area (Å²) < 4.78 is 8.03. The molecule has 1 aliphatic carbocycles. The molecule has 0 fully saturated rings. The molecule has 24 heavy (non-hydrogen) atoms. The predicted molar refractivity (Wildman–Crippen MR) is 93.8 cm³/mol. The standard InChI is InChI=1S/C20H22N2O2/c23-16(12-22-14-21-18-9-3-4-10-19(18)22)13-24-20-11-5-7-15-6-1-2-8-17(15)20/h1-4,6,8-10,14,16,20,23H,5,7,11-13H2. The summed E-state index contributed by atoms with van der Waals surface area (Å²) in [5.41, 5.74) is 4.65. The molecule has 0 amide bonds. The van der Waals surface area contributed by atoms with Crippen LogP contribution >= 0.6 is 0 Å². The summed E-state index contributed by atoms with van der Waals surface area (Å²) in [6.07, 6.45) is 4.63. The van der Waals surface area contributed by atoms with Crippen molar-refractivity contribution in [2.75, 3.05) is 6.61 Å². The number of aryl methyl sites for hydroxylation is 1. The van der Waals surface area contributed by atoms with Crippen LogP contribution < -0.4 is 0 Å². The molecule has 3 aromatic rings. The third-order valence-electron chi connectivity index (χ3n) is 4.74. The lowest BCUT2D eigenvalue weighted by molar-refractivity contribution is -0.0222. The van der Waals surface area contributed by atoms with Crippen LogP contribution in [0.2, 0.25) is 0 Å². The van der Waals surface area contributed by atoms with Crippen LogP contribution in [0.25, 0.3) is 11.0 Å². The van der Waals surface area contributed by atoms with Gasteiger partial charge in [-0.25, -0.2) is 4.98 Å². The molecule has 1 N–H and O–H groups in total.